The smallest absolute Gasteiger partial charge is 0.166 e. The minimum Gasteiger partial charge on any atom is -0.493 e. The van der Waals surface area contributed by atoms with Gasteiger partial charge in [0.2, 0.25) is 0 Å². The number of nitrogens with zero attached hydrogens (tertiary/aromatic N) is 1. The number of methoxy groups -OCH3 is 1. The van der Waals surface area contributed by atoms with Crippen LogP contribution in [-0.2, 0) is 11.3 Å². The van der Waals surface area contributed by atoms with E-state index < -0.39 is 0 Å². The lowest BCUT2D eigenvalue weighted by molar-refractivity contribution is -0.00968. The highest BCUT2D eigenvalue weighted by Gasteiger charge is 2.27. The van der Waals surface area contributed by atoms with Gasteiger partial charge in [-0.15, -0.1) is 0 Å². The first kappa shape index (κ1) is 19.0. The van der Waals surface area contributed by atoms with E-state index in [0.717, 1.165) is 56.5 Å². The summed E-state index contributed by atoms with van der Waals surface area (Å²) in [5.41, 5.74) is 1.22. The Hall–Kier alpha value is -1.30. The Balaban J connectivity index is 1.98. The molecule has 0 spiro atoms. The fourth-order valence-corrected chi connectivity index (χ4v) is 3.01. The molecule has 24 heavy (non-hydrogen) atoms. The molecule has 1 aromatic rings. The van der Waals surface area contributed by atoms with Gasteiger partial charge in [-0.3, -0.25) is 4.90 Å². The van der Waals surface area contributed by atoms with Crippen molar-refractivity contribution in [1.29, 1.82) is 0 Å². The van der Waals surface area contributed by atoms with Crippen LogP contribution in [0.1, 0.15) is 33.3 Å². The molecule has 0 bridgehead atoms. The number of morpholine rings is 1. The van der Waals surface area contributed by atoms with E-state index >= 15 is 0 Å². The van der Waals surface area contributed by atoms with E-state index in [-0.39, 0.29) is 11.6 Å². The highest BCUT2D eigenvalue weighted by Crippen LogP contribution is 2.32. The predicted molar refractivity (Wildman–Crippen MR) is 96.9 cm³/mol. The SMILES string of the molecule is COc1cccc(CNCC(C)(C)N2CCOCC2)c1OC(C)C. The molecule has 0 radical (unpaired) electrons. The van der Waals surface area contributed by atoms with E-state index in [1.165, 1.54) is 0 Å². The van der Waals surface area contributed by atoms with Crippen molar-refractivity contribution in [1.82, 2.24) is 10.2 Å². The third-order valence-electron chi connectivity index (χ3n) is 4.37. The highest BCUT2D eigenvalue weighted by atomic mass is 16.5. The third kappa shape index (κ3) is 5.10. The van der Waals surface area contributed by atoms with Gasteiger partial charge in [0.25, 0.3) is 0 Å². The molecule has 1 fully saturated rings. The maximum atomic E-state index is 5.97. The monoisotopic (exact) mass is 336 g/mol. The molecule has 0 aromatic heterocycles. The van der Waals surface area contributed by atoms with Crippen LogP contribution in [0, 0.1) is 0 Å². The number of nitrogens with one attached hydrogen (secondary N) is 1. The first-order chi connectivity index (χ1) is 11.4. The number of rotatable bonds is 8. The average molecular weight is 336 g/mol. The van der Waals surface area contributed by atoms with E-state index in [9.17, 15) is 0 Å². The molecule has 1 aromatic carbocycles. The second-order valence-corrected chi connectivity index (χ2v) is 7.13. The summed E-state index contributed by atoms with van der Waals surface area (Å²) in [5, 5.41) is 3.59. The standard InChI is InChI=1S/C19H32N2O3/c1-15(2)24-18-16(7-6-8-17(18)22-5)13-20-14-19(3,4)21-9-11-23-12-10-21/h6-8,15,20H,9-14H2,1-5H3. The average Bonchev–Trinajstić information content (AvgIpc) is 2.56. The van der Waals surface area contributed by atoms with Crippen molar-refractivity contribution >= 4 is 0 Å². The molecule has 1 aliphatic rings. The van der Waals surface area contributed by atoms with Gasteiger partial charge >= 0.3 is 0 Å². The van der Waals surface area contributed by atoms with Crippen molar-refractivity contribution in [3.05, 3.63) is 23.8 Å². The summed E-state index contributed by atoms with van der Waals surface area (Å²) in [6.45, 7) is 13.9. The maximum absolute atomic E-state index is 5.97. The molecule has 1 saturated heterocycles. The van der Waals surface area contributed by atoms with Gasteiger partial charge in [-0.25, -0.2) is 0 Å². The topological polar surface area (TPSA) is 43.0 Å². The number of benzene rings is 1. The first-order valence-corrected chi connectivity index (χ1v) is 8.80. The van der Waals surface area contributed by atoms with E-state index in [4.69, 9.17) is 14.2 Å². The van der Waals surface area contributed by atoms with Crippen LogP contribution < -0.4 is 14.8 Å². The summed E-state index contributed by atoms with van der Waals surface area (Å²) in [4.78, 5) is 2.49. The summed E-state index contributed by atoms with van der Waals surface area (Å²) in [5.74, 6) is 1.63. The van der Waals surface area contributed by atoms with Gasteiger partial charge in [-0.1, -0.05) is 12.1 Å². The molecule has 5 nitrogen and oxygen atoms in total. The Bertz CT molecular complexity index is 511. The van der Waals surface area contributed by atoms with Gasteiger partial charge in [0.05, 0.1) is 26.4 Å². The first-order valence-electron chi connectivity index (χ1n) is 8.80. The fraction of sp³-hybridized carbons (Fsp3) is 0.684. The van der Waals surface area contributed by atoms with E-state index in [0.29, 0.717) is 0 Å². The van der Waals surface area contributed by atoms with Gasteiger partial charge in [-0.05, 0) is 33.8 Å². The van der Waals surface area contributed by atoms with Crippen molar-refractivity contribution in [2.75, 3.05) is 40.0 Å². The Morgan fingerprint density at radius 2 is 1.96 bits per heavy atom. The lowest BCUT2D eigenvalue weighted by Gasteiger charge is -2.41. The van der Waals surface area contributed by atoms with Crippen molar-refractivity contribution in [2.45, 2.75) is 45.9 Å². The van der Waals surface area contributed by atoms with Crippen molar-refractivity contribution in [2.24, 2.45) is 0 Å². The van der Waals surface area contributed by atoms with Crippen LogP contribution in [0.25, 0.3) is 0 Å². The lowest BCUT2D eigenvalue weighted by atomic mass is 10.0. The molecule has 1 aliphatic heterocycles. The van der Waals surface area contributed by atoms with Crippen molar-refractivity contribution < 1.29 is 14.2 Å². The zero-order valence-corrected chi connectivity index (χ0v) is 15.7. The number of para-hydroxylation sites is 1. The molecule has 1 heterocycles. The van der Waals surface area contributed by atoms with Crippen LogP contribution in [0.15, 0.2) is 18.2 Å². The molecule has 0 unspecified atom stereocenters. The van der Waals surface area contributed by atoms with Gasteiger partial charge in [-0.2, -0.15) is 0 Å². The summed E-state index contributed by atoms with van der Waals surface area (Å²) in [7, 11) is 1.68. The minimum absolute atomic E-state index is 0.0989. The minimum atomic E-state index is 0.0989. The zero-order valence-electron chi connectivity index (χ0n) is 15.7. The molecule has 1 N–H and O–H groups in total. The second-order valence-electron chi connectivity index (χ2n) is 7.13. The summed E-state index contributed by atoms with van der Waals surface area (Å²) in [6, 6.07) is 6.05. The van der Waals surface area contributed by atoms with Gasteiger partial charge in [0.15, 0.2) is 11.5 Å². The molecular weight excluding hydrogens is 304 g/mol. The maximum Gasteiger partial charge on any atom is 0.166 e. The summed E-state index contributed by atoms with van der Waals surface area (Å²) >= 11 is 0. The number of ether oxygens (including phenoxy) is 3. The molecule has 136 valence electrons. The molecule has 0 atom stereocenters. The molecule has 0 aliphatic carbocycles. The third-order valence-corrected chi connectivity index (χ3v) is 4.37. The Kier molecular flexibility index (Phi) is 6.90. The molecule has 0 saturated carbocycles. The Morgan fingerprint density at radius 1 is 1.25 bits per heavy atom. The van der Waals surface area contributed by atoms with Crippen molar-refractivity contribution in [3.8, 4) is 11.5 Å². The molecule has 5 heteroatoms. The number of hydrogen-bond acceptors (Lipinski definition) is 5. The molecule has 2 rings (SSSR count). The predicted octanol–water partition coefficient (Wildman–Crippen LogP) is 2.68. The quantitative estimate of drug-likeness (QED) is 0.791. The largest absolute Gasteiger partial charge is 0.493 e. The van der Waals surface area contributed by atoms with Crippen LogP contribution in [0.4, 0.5) is 0 Å². The van der Waals surface area contributed by atoms with Crippen LogP contribution in [0.5, 0.6) is 11.5 Å². The van der Waals surface area contributed by atoms with Crippen molar-refractivity contribution in [3.63, 3.8) is 0 Å². The summed E-state index contributed by atoms with van der Waals surface area (Å²) in [6.07, 6.45) is 0.116. The Labute approximate surface area is 146 Å². The molecular formula is C19H32N2O3. The van der Waals surface area contributed by atoms with E-state index in [1.807, 2.05) is 26.0 Å². The Morgan fingerprint density at radius 3 is 2.58 bits per heavy atom. The normalized spacial score (nSPS) is 16.4. The van der Waals surface area contributed by atoms with Crippen LogP contribution in [0.3, 0.4) is 0 Å². The van der Waals surface area contributed by atoms with Crippen LogP contribution in [0.2, 0.25) is 0 Å². The van der Waals surface area contributed by atoms with Crippen LogP contribution >= 0.6 is 0 Å². The van der Waals surface area contributed by atoms with Gasteiger partial charge in [0.1, 0.15) is 0 Å². The van der Waals surface area contributed by atoms with Gasteiger partial charge < -0.3 is 19.5 Å². The highest BCUT2D eigenvalue weighted by molar-refractivity contribution is 5.46. The molecule has 0 amide bonds. The van der Waals surface area contributed by atoms with Gasteiger partial charge in [0, 0.05) is 37.3 Å². The van der Waals surface area contributed by atoms with E-state index in [2.05, 4.69) is 30.1 Å². The second kappa shape index (κ2) is 8.70. The fourth-order valence-electron chi connectivity index (χ4n) is 3.01. The zero-order chi connectivity index (χ0) is 17.6. The summed E-state index contributed by atoms with van der Waals surface area (Å²) < 4.78 is 16.9. The van der Waals surface area contributed by atoms with E-state index in [1.54, 1.807) is 7.11 Å². The lowest BCUT2D eigenvalue weighted by Crippen LogP contribution is -2.54. The van der Waals surface area contributed by atoms with Crippen LogP contribution in [-0.4, -0.2) is 56.5 Å². The number of hydrogen-bond donors (Lipinski definition) is 1.